The molecule has 3 nitrogen and oxygen atoms in total. The number of halogens is 1. The standard InChI is InChI=1S/C16H22BrNO2/c1-11-7-12(2)15(14(17)8-11)18-13-3-5-20-16(9-13)4-6-19-10-16/h7-8,13,18H,3-6,9-10H2,1-2H3. The predicted molar refractivity (Wildman–Crippen MR) is 84.4 cm³/mol. The molecule has 2 unspecified atom stereocenters. The van der Waals surface area contributed by atoms with E-state index in [1.165, 1.54) is 16.8 Å². The molecule has 4 heteroatoms. The molecule has 0 aliphatic carbocycles. The quantitative estimate of drug-likeness (QED) is 0.888. The van der Waals surface area contributed by atoms with Crippen molar-refractivity contribution in [3.63, 3.8) is 0 Å². The summed E-state index contributed by atoms with van der Waals surface area (Å²) in [6.45, 7) is 6.69. The van der Waals surface area contributed by atoms with Crippen molar-refractivity contribution in [2.45, 2.75) is 44.8 Å². The Morgan fingerprint density at radius 2 is 2.15 bits per heavy atom. The van der Waals surface area contributed by atoms with Crippen molar-refractivity contribution in [3.8, 4) is 0 Å². The van der Waals surface area contributed by atoms with E-state index in [2.05, 4.69) is 47.2 Å². The average molecular weight is 340 g/mol. The van der Waals surface area contributed by atoms with Crippen LogP contribution >= 0.6 is 15.9 Å². The minimum absolute atomic E-state index is 0.0407. The fraction of sp³-hybridized carbons (Fsp3) is 0.625. The van der Waals surface area contributed by atoms with Crippen LogP contribution in [-0.4, -0.2) is 31.5 Å². The molecule has 1 aromatic carbocycles. The molecule has 0 saturated carbocycles. The topological polar surface area (TPSA) is 30.5 Å². The van der Waals surface area contributed by atoms with Gasteiger partial charge in [-0.05, 0) is 59.8 Å². The summed E-state index contributed by atoms with van der Waals surface area (Å²) in [4.78, 5) is 0. The van der Waals surface area contributed by atoms with Crippen LogP contribution in [0.25, 0.3) is 0 Å². The summed E-state index contributed by atoms with van der Waals surface area (Å²) in [5.41, 5.74) is 3.75. The van der Waals surface area contributed by atoms with Crippen LogP contribution in [0.3, 0.4) is 0 Å². The normalized spacial score (nSPS) is 29.9. The maximum absolute atomic E-state index is 6.00. The summed E-state index contributed by atoms with van der Waals surface area (Å²) in [7, 11) is 0. The first-order valence-electron chi connectivity index (χ1n) is 7.33. The Hall–Kier alpha value is -0.580. The minimum atomic E-state index is -0.0407. The molecule has 1 N–H and O–H groups in total. The van der Waals surface area contributed by atoms with Crippen LogP contribution in [0.15, 0.2) is 16.6 Å². The first-order chi connectivity index (χ1) is 9.58. The maximum atomic E-state index is 6.00. The highest BCUT2D eigenvalue weighted by Gasteiger charge is 2.41. The monoisotopic (exact) mass is 339 g/mol. The van der Waals surface area contributed by atoms with Crippen molar-refractivity contribution in [3.05, 3.63) is 27.7 Å². The molecule has 2 aliphatic rings. The van der Waals surface area contributed by atoms with Crippen molar-refractivity contribution in [2.75, 3.05) is 25.1 Å². The van der Waals surface area contributed by atoms with Gasteiger partial charge >= 0.3 is 0 Å². The highest BCUT2D eigenvalue weighted by atomic mass is 79.9. The van der Waals surface area contributed by atoms with Crippen molar-refractivity contribution >= 4 is 21.6 Å². The van der Waals surface area contributed by atoms with Crippen molar-refractivity contribution in [1.82, 2.24) is 0 Å². The van der Waals surface area contributed by atoms with E-state index in [1.54, 1.807) is 0 Å². The largest absolute Gasteiger partial charge is 0.381 e. The molecule has 2 saturated heterocycles. The zero-order chi connectivity index (χ0) is 14.2. The van der Waals surface area contributed by atoms with Gasteiger partial charge in [0.15, 0.2) is 0 Å². The van der Waals surface area contributed by atoms with E-state index >= 15 is 0 Å². The highest BCUT2D eigenvalue weighted by Crippen LogP contribution is 2.36. The second kappa shape index (κ2) is 5.66. The molecule has 2 fully saturated rings. The Balaban J connectivity index is 1.74. The van der Waals surface area contributed by atoms with E-state index < -0.39 is 0 Å². The Bertz CT molecular complexity index is 474. The van der Waals surface area contributed by atoms with Crippen LogP contribution < -0.4 is 5.32 Å². The molecule has 0 radical (unpaired) electrons. The lowest BCUT2D eigenvalue weighted by Crippen LogP contribution is -2.45. The number of nitrogens with one attached hydrogen (secondary N) is 1. The lowest BCUT2D eigenvalue weighted by molar-refractivity contribution is -0.0828. The second-order valence-electron chi connectivity index (χ2n) is 6.11. The van der Waals surface area contributed by atoms with Crippen molar-refractivity contribution < 1.29 is 9.47 Å². The smallest absolute Gasteiger partial charge is 0.0956 e. The third kappa shape index (κ3) is 2.87. The van der Waals surface area contributed by atoms with Gasteiger partial charge in [-0.3, -0.25) is 0 Å². The molecule has 110 valence electrons. The van der Waals surface area contributed by atoms with Gasteiger partial charge < -0.3 is 14.8 Å². The molecular formula is C16H22BrNO2. The summed E-state index contributed by atoms with van der Waals surface area (Å²) < 4.78 is 12.7. The van der Waals surface area contributed by atoms with Crippen LogP contribution in [-0.2, 0) is 9.47 Å². The number of ether oxygens (including phenoxy) is 2. The third-order valence-electron chi connectivity index (χ3n) is 4.34. The SMILES string of the molecule is Cc1cc(C)c(NC2CCOC3(CCOC3)C2)c(Br)c1. The molecule has 0 aromatic heterocycles. The lowest BCUT2D eigenvalue weighted by atomic mass is 9.89. The summed E-state index contributed by atoms with van der Waals surface area (Å²) in [6.07, 6.45) is 3.12. The maximum Gasteiger partial charge on any atom is 0.0956 e. The van der Waals surface area contributed by atoms with Gasteiger partial charge in [0.1, 0.15) is 0 Å². The molecule has 1 aromatic rings. The van der Waals surface area contributed by atoms with E-state index in [9.17, 15) is 0 Å². The van der Waals surface area contributed by atoms with Gasteiger partial charge in [0.2, 0.25) is 0 Å². The predicted octanol–water partition coefficient (Wildman–Crippen LogP) is 3.82. The lowest BCUT2D eigenvalue weighted by Gasteiger charge is -2.38. The summed E-state index contributed by atoms with van der Waals surface area (Å²) >= 11 is 3.68. The first-order valence-corrected chi connectivity index (χ1v) is 8.12. The second-order valence-corrected chi connectivity index (χ2v) is 6.96. The Kier molecular flexibility index (Phi) is 4.07. The summed E-state index contributed by atoms with van der Waals surface area (Å²) in [5, 5.41) is 3.71. The number of rotatable bonds is 2. The van der Waals surface area contributed by atoms with Crippen molar-refractivity contribution in [2.24, 2.45) is 0 Å². The zero-order valence-electron chi connectivity index (χ0n) is 12.2. The van der Waals surface area contributed by atoms with E-state index in [4.69, 9.17) is 9.47 Å². The molecule has 2 heterocycles. The molecule has 2 atom stereocenters. The van der Waals surface area contributed by atoms with Gasteiger partial charge in [-0.15, -0.1) is 0 Å². The van der Waals surface area contributed by atoms with Gasteiger partial charge in [0.05, 0.1) is 17.9 Å². The number of hydrogen-bond acceptors (Lipinski definition) is 3. The van der Waals surface area contributed by atoms with Crippen LogP contribution in [0.5, 0.6) is 0 Å². The van der Waals surface area contributed by atoms with E-state index in [1.807, 2.05) is 0 Å². The van der Waals surface area contributed by atoms with Gasteiger partial charge in [0, 0.05) is 30.1 Å². The molecule has 2 aliphatic heterocycles. The number of aryl methyl sites for hydroxylation is 2. The molecule has 3 rings (SSSR count). The minimum Gasteiger partial charge on any atom is -0.381 e. The third-order valence-corrected chi connectivity index (χ3v) is 4.97. The number of anilines is 1. The van der Waals surface area contributed by atoms with Crippen LogP contribution in [0, 0.1) is 13.8 Å². The van der Waals surface area contributed by atoms with Crippen molar-refractivity contribution in [1.29, 1.82) is 0 Å². The van der Waals surface area contributed by atoms with Crippen LogP contribution in [0.2, 0.25) is 0 Å². The summed E-state index contributed by atoms with van der Waals surface area (Å²) in [6, 6.07) is 4.85. The average Bonchev–Trinajstić information content (AvgIpc) is 2.82. The van der Waals surface area contributed by atoms with E-state index in [0.717, 1.165) is 43.6 Å². The molecular weight excluding hydrogens is 318 g/mol. The Morgan fingerprint density at radius 3 is 2.85 bits per heavy atom. The molecule has 0 bridgehead atoms. The Morgan fingerprint density at radius 1 is 1.30 bits per heavy atom. The van der Waals surface area contributed by atoms with Gasteiger partial charge in [0.25, 0.3) is 0 Å². The molecule has 20 heavy (non-hydrogen) atoms. The zero-order valence-corrected chi connectivity index (χ0v) is 13.8. The fourth-order valence-electron chi connectivity index (χ4n) is 3.32. The van der Waals surface area contributed by atoms with E-state index in [0.29, 0.717) is 6.04 Å². The van der Waals surface area contributed by atoms with Gasteiger partial charge in [-0.2, -0.15) is 0 Å². The Labute approximate surface area is 129 Å². The van der Waals surface area contributed by atoms with Crippen LogP contribution in [0.1, 0.15) is 30.4 Å². The van der Waals surface area contributed by atoms with Crippen LogP contribution in [0.4, 0.5) is 5.69 Å². The number of hydrogen-bond donors (Lipinski definition) is 1. The molecule has 0 amide bonds. The first kappa shape index (κ1) is 14.4. The van der Waals surface area contributed by atoms with E-state index in [-0.39, 0.29) is 5.60 Å². The summed E-state index contributed by atoms with van der Waals surface area (Å²) in [5.74, 6) is 0. The highest BCUT2D eigenvalue weighted by molar-refractivity contribution is 9.10. The van der Waals surface area contributed by atoms with Gasteiger partial charge in [-0.25, -0.2) is 0 Å². The number of benzene rings is 1. The molecule has 1 spiro atoms. The van der Waals surface area contributed by atoms with Gasteiger partial charge in [-0.1, -0.05) is 6.07 Å². The fourth-order valence-corrected chi connectivity index (χ4v) is 4.11.